The number of rotatable bonds is 2. The molecule has 2 aromatic rings. The molecule has 17 heavy (non-hydrogen) atoms. The van der Waals surface area contributed by atoms with Crippen molar-refractivity contribution in [1.82, 2.24) is 0 Å². The summed E-state index contributed by atoms with van der Waals surface area (Å²) in [7, 11) is 0. The highest BCUT2D eigenvalue weighted by molar-refractivity contribution is 5.47. The SMILES string of the molecule is C[C@@H](c1ccccc1)c1ccc2c(c1)OCO2. The van der Waals surface area contributed by atoms with Crippen LogP contribution in [0.25, 0.3) is 0 Å². The molecular formula is C15H14O2. The van der Waals surface area contributed by atoms with Crippen molar-refractivity contribution in [3.8, 4) is 11.5 Å². The van der Waals surface area contributed by atoms with Crippen LogP contribution in [0.15, 0.2) is 48.5 Å². The van der Waals surface area contributed by atoms with Crippen molar-refractivity contribution in [2.45, 2.75) is 12.8 Å². The van der Waals surface area contributed by atoms with Crippen molar-refractivity contribution in [2.24, 2.45) is 0 Å². The van der Waals surface area contributed by atoms with Crippen LogP contribution in [0.1, 0.15) is 24.0 Å². The Morgan fingerprint density at radius 2 is 1.65 bits per heavy atom. The van der Waals surface area contributed by atoms with E-state index in [0.717, 1.165) is 11.5 Å². The average Bonchev–Trinajstić information content (AvgIpc) is 2.86. The van der Waals surface area contributed by atoms with Gasteiger partial charge in [0.05, 0.1) is 0 Å². The fourth-order valence-corrected chi connectivity index (χ4v) is 2.12. The Bertz CT molecular complexity index is 520. The normalized spacial score (nSPS) is 14.6. The van der Waals surface area contributed by atoms with Gasteiger partial charge in [-0.05, 0) is 23.3 Å². The Hall–Kier alpha value is -1.96. The largest absolute Gasteiger partial charge is 0.454 e. The van der Waals surface area contributed by atoms with Gasteiger partial charge in [-0.3, -0.25) is 0 Å². The Balaban J connectivity index is 1.94. The third kappa shape index (κ3) is 1.86. The van der Waals surface area contributed by atoms with Crippen LogP contribution in [0.3, 0.4) is 0 Å². The minimum absolute atomic E-state index is 0.332. The molecule has 2 nitrogen and oxygen atoms in total. The lowest BCUT2D eigenvalue weighted by Crippen LogP contribution is -1.95. The summed E-state index contributed by atoms with van der Waals surface area (Å²) >= 11 is 0. The molecule has 0 spiro atoms. The molecule has 0 fully saturated rings. The molecule has 0 aliphatic carbocycles. The molecule has 1 atom stereocenters. The number of benzene rings is 2. The lowest BCUT2D eigenvalue weighted by atomic mass is 9.93. The molecule has 0 amide bonds. The van der Waals surface area contributed by atoms with Gasteiger partial charge in [-0.1, -0.05) is 43.3 Å². The summed E-state index contributed by atoms with van der Waals surface area (Å²) in [4.78, 5) is 0. The molecule has 2 heteroatoms. The third-order valence-electron chi connectivity index (χ3n) is 3.20. The lowest BCUT2D eigenvalue weighted by Gasteiger charge is -2.12. The van der Waals surface area contributed by atoms with Crippen LogP contribution in [-0.4, -0.2) is 6.79 Å². The van der Waals surface area contributed by atoms with Crippen molar-refractivity contribution in [2.75, 3.05) is 6.79 Å². The summed E-state index contributed by atoms with van der Waals surface area (Å²) in [6.07, 6.45) is 0. The summed E-state index contributed by atoms with van der Waals surface area (Å²) < 4.78 is 10.7. The fraction of sp³-hybridized carbons (Fsp3) is 0.200. The van der Waals surface area contributed by atoms with Crippen molar-refractivity contribution in [1.29, 1.82) is 0 Å². The van der Waals surface area contributed by atoms with Gasteiger partial charge in [0.15, 0.2) is 11.5 Å². The van der Waals surface area contributed by atoms with Crippen LogP contribution in [0.2, 0.25) is 0 Å². The second-order valence-corrected chi connectivity index (χ2v) is 4.25. The first-order valence-corrected chi connectivity index (χ1v) is 5.79. The second-order valence-electron chi connectivity index (χ2n) is 4.25. The zero-order valence-electron chi connectivity index (χ0n) is 9.72. The molecular weight excluding hydrogens is 212 g/mol. The van der Waals surface area contributed by atoms with Gasteiger partial charge < -0.3 is 9.47 Å². The van der Waals surface area contributed by atoms with E-state index in [-0.39, 0.29) is 0 Å². The molecule has 0 saturated heterocycles. The minimum atomic E-state index is 0.332. The van der Waals surface area contributed by atoms with E-state index in [0.29, 0.717) is 12.7 Å². The lowest BCUT2D eigenvalue weighted by molar-refractivity contribution is 0.174. The van der Waals surface area contributed by atoms with Crippen LogP contribution in [0.5, 0.6) is 11.5 Å². The van der Waals surface area contributed by atoms with Gasteiger partial charge in [-0.15, -0.1) is 0 Å². The van der Waals surface area contributed by atoms with Gasteiger partial charge in [0.25, 0.3) is 0 Å². The zero-order chi connectivity index (χ0) is 11.7. The van der Waals surface area contributed by atoms with Gasteiger partial charge >= 0.3 is 0 Å². The molecule has 1 aliphatic rings. The molecule has 0 saturated carbocycles. The van der Waals surface area contributed by atoms with E-state index in [9.17, 15) is 0 Å². The van der Waals surface area contributed by atoms with E-state index < -0.39 is 0 Å². The average molecular weight is 226 g/mol. The van der Waals surface area contributed by atoms with E-state index >= 15 is 0 Å². The predicted molar refractivity (Wildman–Crippen MR) is 66.5 cm³/mol. The van der Waals surface area contributed by atoms with Crippen LogP contribution in [-0.2, 0) is 0 Å². The standard InChI is InChI=1S/C15H14O2/c1-11(12-5-3-2-4-6-12)13-7-8-14-15(9-13)17-10-16-14/h2-9,11H,10H2,1H3/t11-/m0/s1. The van der Waals surface area contributed by atoms with Gasteiger partial charge in [0, 0.05) is 5.92 Å². The maximum atomic E-state index is 5.40. The van der Waals surface area contributed by atoms with Crippen molar-refractivity contribution in [3.63, 3.8) is 0 Å². The Labute approximate surface area is 101 Å². The van der Waals surface area contributed by atoms with Crippen LogP contribution in [0.4, 0.5) is 0 Å². The van der Waals surface area contributed by atoms with Crippen LogP contribution < -0.4 is 9.47 Å². The van der Waals surface area contributed by atoms with Gasteiger partial charge in [-0.25, -0.2) is 0 Å². The number of hydrogen-bond donors (Lipinski definition) is 0. The summed E-state index contributed by atoms with van der Waals surface area (Å²) in [5, 5.41) is 0. The monoisotopic (exact) mass is 226 g/mol. The highest BCUT2D eigenvalue weighted by Crippen LogP contribution is 2.36. The van der Waals surface area contributed by atoms with E-state index in [4.69, 9.17) is 9.47 Å². The molecule has 0 radical (unpaired) electrons. The van der Waals surface area contributed by atoms with E-state index in [1.54, 1.807) is 0 Å². The molecule has 0 N–H and O–H groups in total. The second kappa shape index (κ2) is 4.13. The molecule has 1 aliphatic heterocycles. The fourth-order valence-electron chi connectivity index (χ4n) is 2.12. The maximum Gasteiger partial charge on any atom is 0.231 e. The summed E-state index contributed by atoms with van der Waals surface area (Å²) in [5.41, 5.74) is 2.56. The molecule has 0 bridgehead atoms. The molecule has 1 heterocycles. The van der Waals surface area contributed by atoms with Crippen LogP contribution >= 0.6 is 0 Å². The van der Waals surface area contributed by atoms with Gasteiger partial charge in [0.1, 0.15) is 0 Å². The van der Waals surface area contributed by atoms with Crippen molar-refractivity contribution < 1.29 is 9.47 Å². The van der Waals surface area contributed by atoms with Crippen molar-refractivity contribution >= 4 is 0 Å². The smallest absolute Gasteiger partial charge is 0.231 e. The Morgan fingerprint density at radius 3 is 2.47 bits per heavy atom. The first-order chi connectivity index (χ1) is 8.34. The van der Waals surface area contributed by atoms with Gasteiger partial charge in [-0.2, -0.15) is 0 Å². The summed E-state index contributed by atoms with van der Waals surface area (Å²) in [6, 6.07) is 16.6. The number of fused-ring (bicyclic) bond motifs is 1. The summed E-state index contributed by atoms with van der Waals surface area (Å²) in [5.74, 6) is 2.06. The predicted octanol–water partition coefficient (Wildman–Crippen LogP) is 3.57. The minimum Gasteiger partial charge on any atom is -0.454 e. The molecule has 0 unspecified atom stereocenters. The van der Waals surface area contributed by atoms with Crippen molar-refractivity contribution in [3.05, 3.63) is 59.7 Å². The molecule has 0 aromatic heterocycles. The van der Waals surface area contributed by atoms with Gasteiger partial charge in [0.2, 0.25) is 6.79 Å². The highest BCUT2D eigenvalue weighted by Gasteiger charge is 2.16. The van der Waals surface area contributed by atoms with E-state index in [1.807, 2.05) is 12.1 Å². The quantitative estimate of drug-likeness (QED) is 0.779. The molecule has 3 rings (SSSR count). The van der Waals surface area contributed by atoms with E-state index in [1.165, 1.54) is 11.1 Å². The maximum absolute atomic E-state index is 5.40. The first kappa shape index (κ1) is 10.2. The highest BCUT2D eigenvalue weighted by atomic mass is 16.7. The first-order valence-electron chi connectivity index (χ1n) is 5.79. The zero-order valence-corrected chi connectivity index (χ0v) is 9.72. The Kier molecular flexibility index (Phi) is 2.48. The topological polar surface area (TPSA) is 18.5 Å². The molecule has 2 aromatic carbocycles. The Morgan fingerprint density at radius 1 is 0.882 bits per heavy atom. The number of hydrogen-bond acceptors (Lipinski definition) is 2. The molecule has 86 valence electrons. The van der Waals surface area contributed by atoms with E-state index in [2.05, 4.69) is 43.3 Å². The number of ether oxygens (including phenoxy) is 2. The summed E-state index contributed by atoms with van der Waals surface area (Å²) in [6.45, 7) is 2.53. The van der Waals surface area contributed by atoms with Crippen LogP contribution in [0, 0.1) is 0 Å². The third-order valence-corrected chi connectivity index (χ3v) is 3.20.